The van der Waals surface area contributed by atoms with Crippen LogP contribution < -0.4 is 11.1 Å². The Morgan fingerprint density at radius 2 is 1.96 bits per heavy atom. The van der Waals surface area contributed by atoms with E-state index in [0.717, 1.165) is 0 Å². The summed E-state index contributed by atoms with van der Waals surface area (Å²) in [7, 11) is -3.58. The van der Waals surface area contributed by atoms with Crippen LogP contribution in [0, 0.1) is 5.92 Å². The van der Waals surface area contributed by atoms with Gasteiger partial charge in [0.1, 0.15) is 5.82 Å². The first kappa shape index (κ1) is 17.4. The summed E-state index contributed by atoms with van der Waals surface area (Å²) >= 11 is 0. The second kappa shape index (κ2) is 7.20. The zero-order valence-corrected chi connectivity index (χ0v) is 14.4. The highest BCUT2D eigenvalue weighted by Crippen LogP contribution is 2.24. The number of nitrogens with one attached hydrogen (secondary N) is 1. The van der Waals surface area contributed by atoms with Gasteiger partial charge in [-0.3, -0.25) is 4.79 Å². The van der Waals surface area contributed by atoms with Crippen LogP contribution in [0.3, 0.4) is 0 Å². The van der Waals surface area contributed by atoms with E-state index in [1.54, 1.807) is 42.5 Å². The molecule has 1 aromatic heterocycles. The molecule has 0 saturated carbocycles. The zero-order chi connectivity index (χ0) is 17.9. The number of nitrogens with zero attached hydrogens (tertiary/aromatic N) is 2. The standard InChI is InChI=1S/C17H20N4O3S/c18-16-9-8-14(11-19-16)20-17(22)13-5-4-10-21(12-13)25(23,24)15-6-2-1-3-7-15/h1-3,6-9,11,13H,4-5,10,12H2,(H2,18,19)(H,20,22). The van der Waals surface area contributed by atoms with E-state index in [2.05, 4.69) is 10.3 Å². The molecule has 1 amide bonds. The summed E-state index contributed by atoms with van der Waals surface area (Å²) < 4.78 is 26.8. The van der Waals surface area contributed by atoms with Crippen LogP contribution in [0.1, 0.15) is 12.8 Å². The molecule has 1 saturated heterocycles. The van der Waals surface area contributed by atoms with Crippen LogP contribution in [-0.2, 0) is 14.8 Å². The van der Waals surface area contributed by atoms with Crippen molar-refractivity contribution in [1.82, 2.24) is 9.29 Å². The molecular weight excluding hydrogens is 340 g/mol. The Labute approximate surface area is 146 Å². The number of hydrogen-bond acceptors (Lipinski definition) is 5. The minimum absolute atomic E-state index is 0.172. The zero-order valence-electron chi connectivity index (χ0n) is 13.6. The second-order valence-corrected chi connectivity index (χ2v) is 7.91. The van der Waals surface area contributed by atoms with E-state index in [0.29, 0.717) is 30.9 Å². The molecule has 1 aromatic carbocycles. The van der Waals surface area contributed by atoms with Crippen molar-refractivity contribution in [2.75, 3.05) is 24.1 Å². The van der Waals surface area contributed by atoms with E-state index < -0.39 is 15.9 Å². The number of amides is 1. The fraction of sp³-hybridized carbons (Fsp3) is 0.294. The van der Waals surface area contributed by atoms with Gasteiger partial charge in [0.25, 0.3) is 0 Å². The summed E-state index contributed by atoms with van der Waals surface area (Å²) in [5.74, 6) is -0.236. The van der Waals surface area contributed by atoms with Crippen molar-refractivity contribution in [2.24, 2.45) is 5.92 Å². The highest BCUT2D eigenvalue weighted by molar-refractivity contribution is 7.89. The number of rotatable bonds is 4. The lowest BCUT2D eigenvalue weighted by atomic mass is 9.99. The van der Waals surface area contributed by atoms with E-state index in [1.807, 2.05) is 0 Å². The molecule has 1 aliphatic rings. The van der Waals surface area contributed by atoms with Crippen LogP contribution in [-0.4, -0.2) is 36.7 Å². The lowest BCUT2D eigenvalue weighted by Crippen LogP contribution is -2.43. The molecular formula is C17H20N4O3S. The number of carbonyl (C=O) groups excluding carboxylic acids is 1. The van der Waals surface area contributed by atoms with Gasteiger partial charge in [0.2, 0.25) is 15.9 Å². The molecule has 132 valence electrons. The highest BCUT2D eigenvalue weighted by Gasteiger charge is 2.33. The van der Waals surface area contributed by atoms with Gasteiger partial charge in [-0.25, -0.2) is 13.4 Å². The topological polar surface area (TPSA) is 105 Å². The Balaban J connectivity index is 1.70. The third kappa shape index (κ3) is 3.97. The molecule has 0 spiro atoms. The smallest absolute Gasteiger partial charge is 0.243 e. The van der Waals surface area contributed by atoms with E-state index in [4.69, 9.17) is 5.73 Å². The molecule has 0 bridgehead atoms. The normalized spacial score (nSPS) is 18.6. The molecule has 0 radical (unpaired) electrons. The first-order chi connectivity index (χ1) is 12.0. The highest BCUT2D eigenvalue weighted by atomic mass is 32.2. The average Bonchev–Trinajstić information content (AvgIpc) is 2.64. The number of nitrogen functional groups attached to an aromatic ring is 1. The van der Waals surface area contributed by atoms with Gasteiger partial charge in [0, 0.05) is 13.1 Å². The molecule has 3 N–H and O–H groups in total. The number of hydrogen-bond donors (Lipinski definition) is 2. The summed E-state index contributed by atoms with van der Waals surface area (Å²) in [6.07, 6.45) is 2.77. The number of carbonyl (C=O) groups is 1. The SMILES string of the molecule is Nc1ccc(NC(=O)C2CCCN(S(=O)(=O)c3ccccc3)C2)cn1. The molecule has 1 unspecified atom stereocenters. The van der Waals surface area contributed by atoms with Crippen molar-refractivity contribution in [3.05, 3.63) is 48.7 Å². The Morgan fingerprint density at radius 3 is 2.64 bits per heavy atom. The summed E-state index contributed by atoms with van der Waals surface area (Å²) in [6.45, 7) is 0.593. The van der Waals surface area contributed by atoms with Crippen LogP contribution in [0.15, 0.2) is 53.6 Å². The summed E-state index contributed by atoms with van der Waals surface area (Å²) in [5.41, 5.74) is 6.07. The molecule has 0 aliphatic carbocycles. The van der Waals surface area contributed by atoms with E-state index in [9.17, 15) is 13.2 Å². The Bertz CT molecular complexity index is 838. The van der Waals surface area contributed by atoms with Crippen molar-refractivity contribution in [3.8, 4) is 0 Å². The number of nitrogens with two attached hydrogens (primary N) is 1. The lowest BCUT2D eigenvalue weighted by molar-refractivity contribution is -0.120. The van der Waals surface area contributed by atoms with Crippen molar-refractivity contribution in [2.45, 2.75) is 17.7 Å². The third-order valence-electron chi connectivity index (χ3n) is 4.19. The molecule has 3 rings (SSSR count). The average molecular weight is 360 g/mol. The van der Waals surface area contributed by atoms with Gasteiger partial charge < -0.3 is 11.1 Å². The summed E-state index contributed by atoms with van der Waals surface area (Å²) in [6, 6.07) is 11.6. The number of anilines is 2. The molecule has 25 heavy (non-hydrogen) atoms. The van der Waals surface area contributed by atoms with Gasteiger partial charge in [0.15, 0.2) is 0 Å². The van der Waals surface area contributed by atoms with Crippen LogP contribution in [0.2, 0.25) is 0 Å². The number of pyridine rings is 1. The van der Waals surface area contributed by atoms with Gasteiger partial charge in [-0.1, -0.05) is 18.2 Å². The third-order valence-corrected chi connectivity index (χ3v) is 6.07. The van der Waals surface area contributed by atoms with Crippen LogP contribution >= 0.6 is 0 Å². The molecule has 2 aromatic rings. The molecule has 1 aliphatic heterocycles. The van der Waals surface area contributed by atoms with Crippen molar-refractivity contribution < 1.29 is 13.2 Å². The van der Waals surface area contributed by atoms with E-state index in [-0.39, 0.29) is 17.3 Å². The molecule has 1 fully saturated rings. The fourth-order valence-electron chi connectivity index (χ4n) is 2.84. The maximum atomic E-state index is 12.7. The van der Waals surface area contributed by atoms with Crippen LogP contribution in [0.5, 0.6) is 0 Å². The fourth-order valence-corrected chi connectivity index (χ4v) is 4.38. The minimum atomic E-state index is -3.58. The van der Waals surface area contributed by atoms with Crippen LogP contribution in [0.4, 0.5) is 11.5 Å². The number of benzene rings is 1. The predicted molar refractivity (Wildman–Crippen MR) is 95.2 cm³/mol. The Kier molecular flexibility index (Phi) is 5.00. The van der Waals surface area contributed by atoms with E-state index >= 15 is 0 Å². The van der Waals surface area contributed by atoms with Gasteiger partial charge in [-0.2, -0.15) is 4.31 Å². The quantitative estimate of drug-likeness (QED) is 0.863. The molecule has 7 nitrogen and oxygen atoms in total. The minimum Gasteiger partial charge on any atom is -0.384 e. The molecule has 8 heteroatoms. The first-order valence-electron chi connectivity index (χ1n) is 8.04. The van der Waals surface area contributed by atoms with Gasteiger partial charge in [-0.05, 0) is 37.1 Å². The monoisotopic (exact) mass is 360 g/mol. The first-order valence-corrected chi connectivity index (χ1v) is 9.48. The van der Waals surface area contributed by atoms with Crippen LogP contribution in [0.25, 0.3) is 0 Å². The summed E-state index contributed by atoms with van der Waals surface area (Å²) in [4.78, 5) is 16.6. The largest absolute Gasteiger partial charge is 0.384 e. The van der Waals surface area contributed by atoms with Crippen molar-refractivity contribution in [3.63, 3.8) is 0 Å². The van der Waals surface area contributed by atoms with Crippen molar-refractivity contribution in [1.29, 1.82) is 0 Å². The number of sulfonamides is 1. The number of aromatic nitrogens is 1. The number of piperidine rings is 1. The van der Waals surface area contributed by atoms with E-state index in [1.165, 1.54) is 10.5 Å². The molecule has 1 atom stereocenters. The lowest BCUT2D eigenvalue weighted by Gasteiger charge is -2.31. The Hall–Kier alpha value is -2.45. The molecule has 2 heterocycles. The predicted octanol–water partition coefficient (Wildman–Crippen LogP) is 1.70. The maximum Gasteiger partial charge on any atom is 0.243 e. The Morgan fingerprint density at radius 1 is 1.20 bits per heavy atom. The van der Waals surface area contributed by atoms with Gasteiger partial charge in [-0.15, -0.1) is 0 Å². The van der Waals surface area contributed by atoms with Gasteiger partial charge in [0.05, 0.1) is 22.7 Å². The second-order valence-electron chi connectivity index (χ2n) is 5.98. The van der Waals surface area contributed by atoms with Gasteiger partial charge >= 0.3 is 0 Å². The van der Waals surface area contributed by atoms with Crippen molar-refractivity contribution >= 4 is 27.4 Å². The maximum absolute atomic E-state index is 12.7. The summed E-state index contributed by atoms with van der Waals surface area (Å²) in [5, 5.41) is 2.77.